The lowest BCUT2D eigenvalue weighted by Crippen LogP contribution is -2.56. The monoisotopic (exact) mass is 472 g/mol. The van der Waals surface area contributed by atoms with Crippen molar-refractivity contribution in [1.29, 1.82) is 0 Å². The molecular weight excluding hydrogens is 440 g/mol. The van der Waals surface area contributed by atoms with Crippen molar-refractivity contribution < 1.29 is 33.8 Å². The Labute approximate surface area is 199 Å². The van der Waals surface area contributed by atoms with Crippen LogP contribution in [0.4, 0.5) is 11.4 Å². The molecule has 4 rings (SSSR count). The summed E-state index contributed by atoms with van der Waals surface area (Å²) in [4.78, 5) is 53.4. The Hall–Kier alpha value is -2.94. The Morgan fingerprint density at radius 1 is 1.21 bits per heavy atom. The fourth-order valence-electron chi connectivity index (χ4n) is 4.39. The average molecular weight is 473 g/mol. The summed E-state index contributed by atoms with van der Waals surface area (Å²) in [5.74, 6) is -2.12. The molecule has 1 N–H and O–H groups in total. The number of amides is 2. The van der Waals surface area contributed by atoms with Crippen molar-refractivity contribution >= 4 is 35.1 Å². The van der Waals surface area contributed by atoms with Gasteiger partial charge in [-0.3, -0.25) is 14.4 Å². The summed E-state index contributed by atoms with van der Waals surface area (Å²) in [6.45, 7) is 6.51. The van der Waals surface area contributed by atoms with Crippen molar-refractivity contribution in [2.24, 2.45) is 11.3 Å². The molecule has 1 saturated carbocycles. The number of morpholine rings is 1. The molecule has 2 aliphatic heterocycles. The van der Waals surface area contributed by atoms with E-state index in [0.717, 1.165) is 24.1 Å². The number of carbonyl (C=O) groups is 4. The van der Waals surface area contributed by atoms with E-state index in [0.29, 0.717) is 31.0 Å². The lowest BCUT2D eigenvalue weighted by molar-refractivity contribution is -0.179. The van der Waals surface area contributed by atoms with E-state index in [-0.39, 0.29) is 25.5 Å². The molecule has 184 valence electrons. The maximum atomic E-state index is 13.3. The smallest absolute Gasteiger partial charge is 0.348 e. The molecule has 9 heteroatoms. The van der Waals surface area contributed by atoms with Gasteiger partial charge in [-0.25, -0.2) is 4.79 Å². The van der Waals surface area contributed by atoms with Crippen molar-refractivity contribution in [3.05, 3.63) is 23.8 Å². The minimum atomic E-state index is -1.74. The highest BCUT2D eigenvalue weighted by atomic mass is 16.6. The zero-order chi connectivity index (χ0) is 24.6. The number of carboxylic acids is 1. The summed E-state index contributed by atoms with van der Waals surface area (Å²) in [7, 11) is 0. The predicted molar refractivity (Wildman–Crippen MR) is 124 cm³/mol. The third kappa shape index (κ3) is 5.41. The number of benzene rings is 1. The number of carboxylic acid groups (broad SMARTS) is 1. The number of fused-ring (bicyclic) bond motifs is 1. The van der Waals surface area contributed by atoms with Gasteiger partial charge in [0.25, 0.3) is 5.91 Å². The standard InChI is InChI=1S/C25H32N2O7/c1-25(2,3)13-20(29)34-22(24(31)32)21-23(30)26(10-11-33-21)17-8-6-16-7-9-19(28)27(18(16)12-17)14-15-4-5-15/h6,8,12,15,21-22H,4-5,7,9-11,13-14H2,1-3H3,(H,31,32)/t21-,22-/m1/s1. The topological polar surface area (TPSA) is 113 Å². The van der Waals surface area contributed by atoms with E-state index < -0.39 is 35.5 Å². The van der Waals surface area contributed by atoms with Gasteiger partial charge in [0.15, 0.2) is 6.10 Å². The summed E-state index contributed by atoms with van der Waals surface area (Å²) in [5, 5.41) is 9.69. The number of esters is 1. The summed E-state index contributed by atoms with van der Waals surface area (Å²) in [6, 6.07) is 5.56. The molecule has 2 heterocycles. The highest BCUT2D eigenvalue weighted by molar-refractivity contribution is 6.02. The van der Waals surface area contributed by atoms with Crippen molar-refractivity contribution in [2.45, 2.75) is 65.1 Å². The number of nitrogens with zero attached hydrogens (tertiary/aromatic N) is 2. The van der Waals surface area contributed by atoms with E-state index in [1.165, 1.54) is 4.90 Å². The molecule has 2 fully saturated rings. The van der Waals surface area contributed by atoms with Gasteiger partial charge in [0, 0.05) is 30.9 Å². The zero-order valence-electron chi connectivity index (χ0n) is 19.9. The summed E-state index contributed by atoms with van der Waals surface area (Å²) < 4.78 is 10.7. The van der Waals surface area contributed by atoms with Crippen LogP contribution in [0.2, 0.25) is 0 Å². The van der Waals surface area contributed by atoms with Crippen LogP contribution >= 0.6 is 0 Å². The van der Waals surface area contributed by atoms with Gasteiger partial charge in [0.2, 0.25) is 12.0 Å². The van der Waals surface area contributed by atoms with Crippen LogP contribution in [0.25, 0.3) is 0 Å². The first-order chi connectivity index (χ1) is 16.0. The molecule has 34 heavy (non-hydrogen) atoms. The first-order valence-corrected chi connectivity index (χ1v) is 11.8. The molecule has 0 bridgehead atoms. The molecule has 0 aromatic heterocycles. The van der Waals surface area contributed by atoms with Crippen molar-refractivity contribution in [3.63, 3.8) is 0 Å². The number of anilines is 2. The van der Waals surface area contributed by atoms with Gasteiger partial charge in [-0.1, -0.05) is 26.8 Å². The van der Waals surface area contributed by atoms with Crippen LogP contribution in [0.15, 0.2) is 18.2 Å². The Bertz CT molecular complexity index is 995. The molecular formula is C25H32N2O7. The molecule has 2 atom stereocenters. The number of carbonyl (C=O) groups excluding carboxylic acids is 3. The predicted octanol–water partition coefficient (Wildman–Crippen LogP) is 2.54. The number of rotatable bonds is 7. The van der Waals surface area contributed by atoms with Gasteiger partial charge in [0.1, 0.15) is 0 Å². The molecule has 1 saturated heterocycles. The van der Waals surface area contributed by atoms with Crippen LogP contribution in [0.1, 0.15) is 52.0 Å². The number of hydrogen-bond acceptors (Lipinski definition) is 6. The lowest BCUT2D eigenvalue weighted by Gasteiger charge is -2.36. The molecule has 2 amide bonds. The third-order valence-electron chi connectivity index (χ3n) is 6.29. The van der Waals surface area contributed by atoms with E-state index in [4.69, 9.17) is 9.47 Å². The minimum absolute atomic E-state index is 0.0110. The first-order valence-electron chi connectivity index (χ1n) is 11.8. The Morgan fingerprint density at radius 2 is 1.94 bits per heavy atom. The third-order valence-corrected chi connectivity index (χ3v) is 6.29. The van der Waals surface area contributed by atoms with Crippen LogP contribution in [0, 0.1) is 11.3 Å². The number of aliphatic carboxylic acids is 1. The first kappa shape index (κ1) is 24.2. The van der Waals surface area contributed by atoms with Gasteiger partial charge < -0.3 is 24.4 Å². The highest BCUT2D eigenvalue weighted by Crippen LogP contribution is 2.37. The zero-order valence-corrected chi connectivity index (χ0v) is 19.9. The van der Waals surface area contributed by atoms with E-state index in [2.05, 4.69) is 0 Å². The minimum Gasteiger partial charge on any atom is -0.478 e. The van der Waals surface area contributed by atoms with E-state index in [9.17, 15) is 24.3 Å². The molecule has 1 aliphatic carbocycles. The molecule has 3 aliphatic rings. The van der Waals surface area contributed by atoms with Gasteiger partial charge in [-0.2, -0.15) is 0 Å². The quantitative estimate of drug-likeness (QED) is 0.607. The van der Waals surface area contributed by atoms with Crippen molar-refractivity contribution in [1.82, 2.24) is 0 Å². The second-order valence-electron chi connectivity index (χ2n) is 10.5. The van der Waals surface area contributed by atoms with Gasteiger partial charge >= 0.3 is 11.9 Å². The molecule has 0 radical (unpaired) electrons. The molecule has 0 spiro atoms. The van der Waals surface area contributed by atoms with Crippen LogP contribution in [-0.4, -0.2) is 60.8 Å². The Balaban J connectivity index is 1.55. The van der Waals surface area contributed by atoms with E-state index in [1.54, 1.807) is 0 Å². The molecule has 9 nitrogen and oxygen atoms in total. The second-order valence-corrected chi connectivity index (χ2v) is 10.5. The normalized spacial score (nSPS) is 21.8. The second kappa shape index (κ2) is 9.37. The number of hydrogen-bond donors (Lipinski definition) is 1. The maximum absolute atomic E-state index is 13.3. The fraction of sp³-hybridized carbons (Fsp3) is 0.600. The Kier molecular flexibility index (Phi) is 6.66. The lowest BCUT2D eigenvalue weighted by atomic mass is 9.92. The van der Waals surface area contributed by atoms with Crippen LogP contribution < -0.4 is 9.80 Å². The van der Waals surface area contributed by atoms with E-state index in [1.807, 2.05) is 43.9 Å². The summed E-state index contributed by atoms with van der Waals surface area (Å²) in [5.41, 5.74) is 2.04. The number of aryl methyl sites for hydroxylation is 1. The van der Waals surface area contributed by atoms with E-state index >= 15 is 0 Å². The molecule has 0 unspecified atom stereocenters. The largest absolute Gasteiger partial charge is 0.478 e. The SMILES string of the molecule is CC(C)(C)CC(=O)O[C@@H](C(=O)O)[C@H]1OCCN(c2ccc3c(c2)N(CC2CC2)C(=O)CC3)C1=O. The Morgan fingerprint density at radius 3 is 2.59 bits per heavy atom. The van der Waals surface area contributed by atoms with Crippen LogP contribution in [0.5, 0.6) is 0 Å². The van der Waals surface area contributed by atoms with Gasteiger partial charge in [-0.15, -0.1) is 0 Å². The van der Waals surface area contributed by atoms with Gasteiger partial charge in [-0.05, 0) is 48.3 Å². The summed E-state index contributed by atoms with van der Waals surface area (Å²) >= 11 is 0. The van der Waals surface area contributed by atoms with Crippen LogP contribution in [0.3, 0.4) is 0 Å². The molecule has 1 aromatic rings. The maximum Gasteiger partial charge on any atom is 0.348 e. The van der Waals surface area contributed by atoms with Crippen molar-refractivity contribution in [2.75, 3.05) is 29.5 Å². The average Bonchev–Trinajstić information content (AvgIpc) is 3.57. The number of ether oxygens (including phenoxy) is 2. The van der Waals surface area contributed by atoms with Gasteiger partial charge in [0.05, 0.1) is 13.0 Å². The summed E-state index contributed by atoms with van der Waals surface area (Å²) in [6.07, 6.45) is 0.181. The van der Waals surface area contributed by atoms with Crippen LogP contribution in [-0.2, 0) is 35.1 Å². The van der Waals surface area contributed by atoms with Crippen molar-refractivity contribution in [3.8, 4) is 0 Å². The fourth-order valence-corrected chi connectivity index (χ4v) is 4.39. The molecule has 1 aromatic carbocycles. The highest BCUT2D eigenvalue weighted by Gasteiger charge is 2.43.